The Morgan fingerprint density at radius 1 is 1.37 bits per heavy atom. The average Bonchev–Trinajstić information content (AvgIpc) is 2.30. The third-order valence-electron chi connectivity index (χ3n) is 2.46. The summed E-state index contributed by atoms with van der Waals surface area (Å²) in [7, 11) is 0. The van der Waals surface area contributed by atoms with Gasteiger partial charge in [-0.05, 0) is 54.1 Å². The van der Waals surface area contributed by atoms with Crippen LogP contribution in [0, 0.1) is 10.5 Å². The number of carboxylic acids is 1. The standard InChI is InChI=1S/C12H15IN2O4/c1-6-3-4-8(5-9(6)13)14-12(19)15-10(7(2)16)11(17)18/h3-5,7,10,16H,1-2H3,(H,17,18)(H2,14,15,19)/t7-,10+/m1/s1. The normalized spacial score (nSPS) is 13.5. The van der Waals surface area contributed by atoms with Crippen LogP contribution in [-0.4, -0.2) is 34.4 Å². The van der Waals surface area contributed by atoms with E-state index < -0.39 is 24.1 Å². The van der Waals surface area contributed by atoms with Crippen LogP contribution >= 0.6 is 22.6 Å². The largest absolute Gasteiger partial charge is 0.480 e. The number of nitrogens with one attached hydrogen (secondary N) is 2. The fourth-order valence-corrected chi connectivity index (χ4v) is 1.88. The van der Waals surface area contributed by atoms with Crippen LogP contribution < -0.4 is 10.6 Å². The Labute approximate surface area is 124 Å². The lowest BCUT2D eigenvalue weighted by atomic mass is 10.2. The highest BCUT2D eigenvalue weighted by atomic mass is 127. The number of hydrogen-bond donors (Lipinski definition) is 4. The fourth-order valence-electron chi connectivity index (χ4n) is 1.37. The summed E-state index contributed by atoms with van der Waals surface area (Å²) < 4.78 is 0.987. The molecular weight excluding hydrogens is 363 g/mol. The first-order valence-corrected chi connectivity index (χ1v) is 6.63. The van der Waals surface area contributed by atoms with Crippen LogP contribution in [0.1, 0.15) is 12.5 Å². The van der Waals surface area contributed by atoms with Crippen LogP contribution in [0.15, 0.2) is 18.2 Å². The zero-order chi connectivity index (χ0) is 14.6. The third-order valence-corrected chi connectivity index (χ3v) is 3.63. The van der Waals surface area contributed by atoms with Gasteiger partial charge in [-0.3, -0.25) is 0 Å². The lowest BCUT2D eigenvalue weighted by Gasteiger charge is -2.17. The molecular formula is C12H15IN2O4. The van der Waals surface area contributed by atoms with E-state index in [1.54, 1.807) is 12.1 Å². The van der Waals surface area contributed by atoms with Crippen molar-refractivity contribution in [1.29, 1.82) is 0 Å². The number of anilines is 1. The lowest BCUT2D eigenvalue weighted by Crippen LogP contribution is -2.49. The second kappa shape index (κ2) is 6.71. The van der Waals surface area contributed by atoms with E-state index in [9.17, 15) is 14.7 Å². The van der Waals surface area contributed by atoms with E-state index in [4.69, 9.17) is 5.11 Å². The number of carbonyl (C=O) groups excluding carboxylic acids is 1. The minimum atomic E-state index is -1.34. The molecule has 0 fully saturated rings. The first-order chi connectivity index (χ1) is 8.81. The highest BCUT2D eigenvalue weighted by molar-refractivity contribution is 14.1. The van der Waals surface area contributed by atoms with E-state index in [0.717, 1.165) is 9.13 Å². The lowest BCUT2D eigenvalue weighted by molar-refractivity contribution is -0.141. The fraction of sp³-hybridized carbons (Fsp3) is 0.333. The predicted molar refractivity (Wildman–Crippen MR) is 79.2 cm³/mol. The van der Waals surface area contributed by atoms with E-state index in [2.05, 4.69) is 33.2 Å². The summed E-state index contributed by atoms with van der Waals surface area (Å²) in [6, 6.07) is 3.32. The van der Waals surface area contributed by atoms with Gasteiger partial charge >= 0.3 is 12.0 Å². The minimum absolute atomic E-state index is 0.558. The number of carboxylic acid groups (broad SMARTS) is 1. The van der Waals surface area contributed by atoms with Crippen molar-refractivity contribution in [3.63, 3.8) is 0 Å². The van der Waals surface area contributed by atoms with Gasteiger partial charge in [0.25, 0.3) is 0 Å². The van der Waals surface area contributed by atoms with Crippen LogP contribution in [0.3, 0.4) is 0 Å². The van der Waals surface area contributed by atoms with E-state index in [1.807, 2.05) is 13.0 Å². The van der Waals surface area contributed by atoms with Crippen LogP contribution in [0.5, 0.6) is 0 Å². The summed E-state index contributed by atoms with van der Waals surface area (Å²) in [5.74, 6) is -1.29. The number of amides is 2. The maximum atomic E-state index is 11.6. The molecule has 0 aliphatic carbocycles. The van der Waals surface area contributed by atoms with Gasteiger partial charge in [0, 0.05) is 9.26 Å². The molecule has 0 aliphatic rings. The van der Waals surface area contributed by atoms with E-state index in [-0.39, 0.29) is 0 Å². The van der Waals surface area contributed by atoms with E-state index in [1.165, 1.54) is 6.92 Å². The maximum Gasteiger partial charge on any atom is 0.328 e. The summed E-state index contributed by atoms with van der Waals surface area (Å²) in [6.07, 6.45) is -1.18. The Hall–Kier alpha value is -1.35. The van der Waals surface area contributed by atoms with Crippen molar-refractivity contribution < 1.29 is 19.8 Å². The summed E-state index contributed by atoms with van der Waals surface area (Å²) in [4.78, 5) is 22.5. The zero-order valence-electron chi connectivity index (χ0n) is 10.5. The first kappa shape index (κ1) is 15.7. The molecule has 0 saturated heterocycles. The number of aliphatic carboxylic acids is 1. The molecule has 2 atom stereocenters. The highest BCUT2D eigenvalue weighted by Crippen LogP contribution is 2.16. The number of rotatable bonds is 4. The van der Waals surface area contributed by atoms with Gasteiger partial charge in [0.2, 0.25) is 0 Å². The van der Waals surface area contributed by atoms with Crippen molar-refractivity contribution in [2.24, 2.45) is 0 Å². The summed E-state index contributed by atoms with van der Waals surface area (Å²) in [5.41, 5.74) is 1.64. The average molecular weight is 378 g/mol. The van der Waals surface area contributed by atoms with Crippen LogP contribution in [0.4, 0.5) is 10.5 Å². The molecule has 0 radical (unpaired) electrons. The van der Waals surface area contributed by atoms with Crippen molar-refractivity contribution >= 4 is 40.3 Å². The second-order valence-electron chi connectivity index (χ2n) is 4.12. The summed E-state index contributed by atoms with van der Waals surface area (Å²) >= 11 is 2.14. The minimum Gasteiger partial charge on any atom is -0.480 e. The zero-order valence-corrected chi connectivity index (χ0v) is 12.6. The number of aliphatic hydroxyl groups excluding tert-OH is 1. The molecule has 0 heterocycles. The van der Waals surface area contributed by atoms with Gasteiger partial charge in [-0.25, -0.2) is 9.59 Å². The van der Waals surface area contributed by atoms with Gasteiger partial charge in [0.1, 0.15) is 0 Å². The van der Waals surface area contributed by atoms with E-state index in [0.29, 0.717) is 5.69 Å². The monoisotopic (exact) mass is 378 g/mol. The molecule has 7 heteroatoms. The molecule has 6 nitrogen and oxygen atoms in total. The molecule has 1 aromatic carbocycles. The van der Waals surface area contributed by atoms with Crippen LogP contribution in [0.2, 0.25) is 0 Å². The number of aryl methyl sites for hydroxylation is 1. The van der Waals surface area contributed by atoms with Crippen LogP contribution in [-0.2, 0) is 4.79 Å². The molecule has 0 bridgehead atoms. The second-order valence-corrected chi connectivity index (χ2v) is 5.28. The van der Waals surface area contributed by atoms with Gasteiger partial charge in [0.05, 0.1) is 6.10 Å². The Bertz CT molecular complexity index is 491. The number of hydrogen-bond acceptors (Lipinski definition) is 3. The number of aliphatic hydroxyl groups is 1. The Morgan fingerprint density at radius 2 is 2.00 bits per heavy atom. The number of urea groups is 1. The topological polar surface area (TPSA) is 98.7 Å². The first-order valence-electron chi connectivity index (χ1n) is 5.56. The molecule has 1 aromatic rings. The van der Waals surface area contributed by atoms with Gasteiger partial charge in [-0.2, -0.15) is 0 Å². The molecule has 0 spiro atoms. The maximum absolute atomic E-state index is 11.6. The quantitative estimate of drug-likeness (QED) is 0.598. The predicted octanol–water partition coefficient (Wildman–Crippen LogP) is 1.56. The van der Waals surface area contributed by atoms with Crippen molar-refractivity contribution in [2.75, 3.05) is 5.32 Å². The highest BCUT2D eigenvalue weighted by Gasteiger charge is 2.24. The number of benzene rings is 1. The Morgan fingerprint density at radius 3 is 2.47 bits per heavy atom. The molecule has 0 aliphatic heterocycles. The Balaban J connectivity index is 2.69. The molecule has 0 unspecified atom stereocenters. The molecule has 4 N–H and O–H groups in total. The van der Waals surface area contributed by atoms with Crippen molar-refractivity contribution in [1.82, 2.24) is 5.32 Å². The number of carbonyl (C=O) groups is 2. The molecule has 19 heavy (non-hydrogen) atoms. The Kier molecular flexibility index (Phi) is 5.55. The van der Waals surface area contributed by atoms with E-state index >= 15 is 0 Å². The van der Waals surface area contributed by atoms with Gasteiger partial charge in [-0.1, -0.05) is 6.07 Å². The van der Waals surface area contributed by atoms with Crippen molar-refractivity contribution in [3.05, 3.63) is 27.3 Å². The SMILES string of the molecule is Cc1ccc(NC(=O)N[C@H](C(=O)O)[C@@H](C)O)cc1I. The van der Waals surface area contributed by atoms with Crippen LogP contribution in [0.25, 0.3) is 0 Å². The molecule has 0 saturated carbocycles. The number of halogens is 1. The molecule has 0 aromatic heterocycles. The van der Waals surface area contributed by atoms with Gasteiger partial charge in [-0.15, -0.1) is 0 Å². The molecule has 2 amide bonds. The molecule has 104 valence electrons. The summed E-state index contributed by atoms with van der Waals surface area (Å²) in [5, 5.41) is 22.8. The van der Waals surface area contributed by atoms with Gasteiger partial charge < -0.3 is 20.8 Å². The molecule has 1 rings (SSSR count). The smallest absolute Gasteiger partial charge is 0.328 e. The van der Waals surface area contributed by atoms with Gasteiger partial charge in [0.15, 0.2) is 6.04 Å². The third kappa shape index (κ3) is 4.67. The summed E-state index contributed by atoms with van der Waals surface area (Å²) in [6.45, 7) is 3.24. The van der Waals surface area contributed by atoms with Crippen molar-refractivity contribution in [3.8, 4) is 0 Å². The van der Waals surface area contributed by atoms with Crippen molar-refractivity contribution in [2.45, 2.75) is 26.0 Å².